The molecule has 0 bridgehead atoms. The summed E-state index contributed by atoms with van der Waals surface area (Å²) >= 11 is 0. The average Bonchev–Trinajstić information content (AvgIpc) is 3.61. The van der Waals surface area contributed by atoms with Crippen LogP contribution >= 0.6 is 0 Å². The van der Waals surface area contributed by atoms with E-state index in [0.29, 0.717) is 22.3 Å². The summed E-state index contributed by atoms with van der Waals surface area (Å²) in [5, 5.41) is 3.52. The number of hydrogen-bond donors (Lipinski definition) is 0. The largest absolute Gasteiger partial charge is 0.296 e. The van der Waals surface area contributed by atoms with E-state index in [1.807, 2.05) is 87.5 Å². The monoisotopic (exact) mass is 583 g/mol. The number of nitrogens with zero attached hydrogens (tertiary/aromatic N) is 2. The van der Waals surface area contributed by atoms with Gasteiger partial charge >= 0.3 is 0 Å². The molecule has 8 aromatic rings. The lowest BCUT2D eigenvalue weighted by Crippen LogP contribution is -2.14. The zero-order valence-corrected chi connectivity index (χ0v) is 25.1. The van der Waals surface area contributed by atoms with Gasteiger partial charge in [-0.15, -0.1) is 0 Å². The highest BCUT2D eigenvalue weighted by Crippen LogP contribution is 2.51. The van der Waals surface area contributed by atoms with Crippen LogP contribution in [0.1, 0.15) is 40.4 Å². The van der Waals surface area contributed by atoms with Gasteiger partial charge in [-0.2, -0.15) is 0 Å². The molecule has 0 spiro atoms. The van der Waals surface area contributed by atoms with Gasteiger partial charge < -0.3 is 0 Å². The Balaban J connectivity index is 1.40. The molecule has 0 fully saturated rings. The molecule has 7 aromatic carbocycles. The maximum atomic E-state index is 9.85. The summed E-state index contributed by atoms with van der Waals surface area (Å²) in [7, 11) is 0. The Hall–Kier alpha value is -5.47. The van der Waals surface area contributed by atoms with Gasteiger partial charge in [-0.05, 0) is 91.7 Å². The van der Waals surface area contributed by atoms with E-state index >= 15 is 0 Å². The van der Waals surface area contributed by atoms with Crippen LogP contribution in [0, 0.1) is 6.92 Å². The predicted octanol–water partition coefficient (Wildman–Crippen LogP) is 11.3. The highest BCUT2D eigenvalue weighted by molar-refractivity contribution is 6.22. The molecule has 0 radical (unpaired) electrons. The Kier molecular flexibility index (Phi) is 4.17. The van der Waals surface area contributed by atoms with Crippen molar-refractivity contribution in [3.8, 4) is 39.1 Å². The van der Waals surface area contributed by atoms with Gasteiger partial charge in [-0.1, -0.05) is 129 Å². The SMILES string of the molecule is [2H]c1c([2H])c([2H])c2c(c1[2H])-c1c([2H])c([2H])c(-c3c4ccccc4c(-c4ccccc4-n4c(C)nc5ccccc54)c4ccccc34)c([2H])c1C2(C)C. The Bertz CT molecular complexity index is 2810. The minimum Gasteiger partial charge on any atom is -0.296 e. The van der Waals surface area contributed by atoms with Crippen LogP contribution in [-0.2, 0) is 5.41 Å². The smallest absolute Gasteiger partial charge is 0.111 e. The van der Waals surface area contributed by atoms with E-state index in [4.69, 9.17) is 10.5 Å². The predicted molar refractivity (Wildman–Crippen MR) is 189 cm³/mol. The Morgan fingerprint density at radius 1 is 0.600 bits per heavy atom. The van der Waals surface area contributed by atoms with Gasteiger partial charge in [-0.25, -0.2) is 4.98 Å². The fourth-order valence-corrected chi connectivity index (χ4v) is 7.30. The molecule has 214 valence electrons. The van der Waals surface area contributed by atoms with Gasteiger partial charge in [0.1, 0.15) is 5.82 Å². The fourth-order valence-electron chi connectivity index (χ4n) is 7.30. The molecule has 1 aliphatic carbocycles. The van der Waals surface area contributed by atoms with Gasteiger partial charge in [0.2, 0.25) is 0 Å². The quantitative estimate of drug-likeness (QED) is 0.189. The molecular weight excluding hydrogens is 544 g/mol. The first-order chi connectivity index (χ1) is 24.9. The summed E-state index contributed by atoms with van der Waals surface area (Å²) in [5.74, 6) is 0.864. The zero-order chi connectivity index (χ0) is 36.4. The third-order valence-corrected chi connectivity index (χ3v) is 9.32. The van der Waals surface area contributed by atoms with Crippen molar-refractivity contribution in [3.05, 3.63) is 156 Å². The normalized spacial score (nSPS) is 15.6. The number of hydrogen-bond acceptors (Lipinski definition) is 1. The van der Waals surface area contributed by atoms with Gasteiger partial charge in [0.25, 0.3) is 0 Å². The van der Waals surface area contributed by atoms with Gasteiger partial charge in [0.15, 0.2) is 0 Å². The van der Waals surface area contributed by atoms with Crippen molar-refractivity contribution < 1.29 is 9.60 Å². The molecule has 0 atom stereocenters. The minimum atomic E-state index is -1.02. The second-order valence-corrected chi connectivity index (χ2v) is 12.2. The number of aryl methyl sites for hydroxylation is 1. The standard InChI is InChI=1S/C43H32N2/c1-27-44-38-21-11-13-23-40(38)45(27)39-22-12-9-19-35(39)42-33-17-6-4-15-31(33)41(32-16-5-7-18-34(32)42)28-24-25-30-29-14-8-10-20-36(29)43(2,3)37(30)26-28/h4-26H,1-3H3/i8D,10D,14D,20D,24D,25D,26D. The van der Waals surface area contributed by atoms with Crippen molar-refractivity contribution in [1.82, 2.24) is 9.55 Å². The lowest BCUT2D eigenvalue weighted by atomic mass is 9.80. The first-order valence-corrected chi connectivity index (χ1v) is 15.2. The van der Waals surface area contributed by atoms with Crippen LogP contribution in [0.4, 0.5) is 0 Å². The summed E-state index contributed by atoms with van der Waals surface area (Å²) in [4.78, 5) is 4.87. The van der Waals surface area contributed by atoms with Crippen LogP contribution in [0.15, 0.2) is 139 Å². The number of aromatic nitrogens is 2. The number of rotatable bonds is 3. The first kappa shape index (κ1) is 19.7. The van der Waals surface area contributed by atoms with Crippen molar-refractivity contribution in [2.24, 2.45) is 0 Å². The number of benzene rings is 7. The van der Waals surface area contributed by atoms with Crippen LogP contribution in [0.3, 0.4) is 0 Å². The Morgan fingerprint density at radius 3 is 1.96 bits per heavy atom. The minimum absolute atomic E-state index is 0.0537. The summed E-state index contributed by atoms with van der Waals surface area (Å²) in [5.41, 5.74) is 6.11. The molecule has 0 amide bonds. The summed E-state index contributed by atoms with van der Waals surface area (Å²) in [6.07, 6.45) is 0. The maximum absolute atomic E-state index is 9.85. The summed E-state index contributed by atoms with van der Waals surface area (Å²) < 4.78 is 65.5. The van der Waals surface area contributed by atoms with Crippen molar-refractivity contribution in [2.75, 3.05) is 0 Å². The molecule has 0 saturated carbocycles. The van der Waals surface area contributed by atoms with E-state index in [2.05, 4.69) is 34.9 Å². The molecule has 2 nitrogen and oxygen atoms in total. The fraction of sp³-hybridized carbons (Fsp3) is 0.0930. The second kappa shape index (κ2) is 9.51. The number of imidazole rings is 1. The molecule has 0 aliphatic heterocycles. The Labute approximate surface area is 273 Å². The van der Waals surface area contributed by atoms with Crippen LogP contribution in [-0.4, -0.2) is 9.55 Å². The molecule has 2 heteroatoms. The van der Waals surface area contributed by atoms with E-state index in [1.165, 1.54) is 0 Å². The average molecular weight is 584 g/mol. The molecule has 9 rings (SSSR count). The third kappa shape index (κ3) is 3.66. The van der Waals surface area contributed by atoms with E-state index in [9.17, 15) is 4.11 Å². The first-order valence-electron chi connectivity index (χ1n) is 18.7. The van der Waals surface area contributed by atoms with Crippen molar-refractivity contribution >= 4 is 32.6 Å². The molecular formula is C43H32N2. The van der Waals surface area contributed by atoms with E-state index < -0.39 is 5.41 Å². The van der Waals surface area contributed by atoms with Crippen molar-refractivity contribution in [1.29, 1.82) is 0 Å². The lowest BCUT2D eigenvalue weighted by molar-refractivity contribution is 0.660. The molecule has 1 heterocycles. The van der Waals surface area contributed by atoms with Crippen molar-refractivity contribution in [2.45, 2.75) is 26.2 Å². The van der Waals surface area contributed by atoms with E-state index in [0.717, 1.165) is 55.2 Å². The van der Waals surface area contributed by atoms with Gasteiger partial charge in [-0.3, -0.25) is 4.57 Å². The summed E-state index contributed by atoms with van der Waals surface area (Å²) in [6.45, 7) is 5.71. The highest BCUT2D eigenvalue weighted by atomic mass is 15.1. The van der Waals surface area contributed by atoms with Crippen LogP contribution in [0.5, 0.6) is 0 Å². The number of fused-ring (bicyclic) bond motifs is 6. The van der Waals surface area contributed by atoms with Crippen LogP contribution < -0.4 is 0 Å². The van der Waals surface area contributed by atoms with Gasteiger partial charge in [0, 0.05) is 11.0 Å². The third-order valence-electron chi connectivity index (χ3n) is 9.32. The highest BCUT2D eigenvalue weighted by Gasteiger charge is 2.35. The van der Waals surface area contributed by atoms with Gasteiger partial charge in [0.05, 0.1) is 26.3 Å². The van der Waals surface area contributed by atoms with E-state index in [-0.39, 0.29) is 53.4 Å². The Morgan fingerprint density at radius 2 is 1.20 bits per heavy atom. The van der Waals surface area contributed by atoms with E-state index in [1.54, 1.807) is 0 Å². The van der Waals surface area contributed by atoms with Crippen LogP contribution in [0.2, 0.25) is 0 Å². The lowest BCUT2D eigenvalue weighted by Gasteiger charge is -2.23. The molecule has 1 aromatic heterocycles. The zero-order valence-electron chi connectivity index (χ0n) is 32.1. The van der Waals surface area contributed by atoms with Crippen LogP contribution in [0.25, 0.3) is 71.6 Å². The molecule has 45 heavy (non-hydrogen) atoms. The molecule has 0 saturated heterocycles. The topological polar surface area (TPSA) is 17.8 Å². The molecule has 0 unspecified atom stereocenters. The number of para-hydroxylation sites is 3. The maximum Gasteiger partial charge on any atom is 0.111 e. The second-order valence-electron chi connectivity index (χ2n) is 12.2. The summed E-state index contributed by atoms with van der Waals surface area (Å²) in [6, 6.07) is 31.1. The van der Waals surface area contributed by atoms with Crippen molar-refractivity contribution in [3.63, 3.8) is 0 Å². The molecule has 1 aliphatic rings. The molecule has 0 N–H and O–H groups in total.